The number of carbonyl (C=O) groups is 1. The summed E-state index contributed by atoms with van der Waals surface area (Å²) in [4.78, 5) is 23.3. The van der Waals surface area contributed by atoms with Gasteiger partial charge in [0.05, 0.1) is 6.10 Å². The van der Waals surface area contributed by atoms with Crippen molar-refractivity contribution >= 4 is 35.5 Å². The van der Waals surface area contributed by atoms with Crippen LogP contribution in [0.5, 0.6) is 11.5 Å². The summed E-state index contributed by atoms with van der Waals surface area (Å²) < 4.78 is 11.5. The summed E-state index contributed by atoms with van der Waals surface area (Å²) in [5, 5.41) is 20.8. The van der Waals surface area contributed by atoms with Crippen LogP contribution < -0.4 is 4.90 Å². The molecule has 2 aliphatic heterocycles. The smallest absolute Gasteiger partial charge is 0.347 e. The Balaban J connectivity index is 1.56. The van der Waals surface area contributed by atoms with E-state index in [0.717, 1.165) is 22.3 Å². The predicted molar refractivity (Wildman–Crippen MR) is 124 cm³/mol. The van der Waals surface area contributed by atoms with E-state index < -0.39 is 5.97 Å². The Labute approximate surface area is 190 Å². The van der Waals surface area contributed by atoms with Crippen LogP contribution >= 0.6 is 0 Å². The van der Waals surface area contributed by atoms with Crippen LogP contribution in [-0.4, -0.2) is 40.0 Å². The highest BCUT2D eigenvalue weighted by Crippen LogP contribution is 2.41. The number of allylic oxidation sites excluding steroid dienone is 1. The lowest BCUT2D eigenvalue weighted by atomic mass is 9.99. The maximum absolute atomic E-state index is 12.9. The first-order chi connectivity index (χ1) is 15.9. The molecular weight excluding hydrogens is 422 g/mol. The quantitative estimate of drug-likeness (QED) is 0.570. The minimum Gasteiger partial charge on any atom is -0.508 e. The van der Waals surface area contributed by atoms with Crippen LogP contribution in [0.4, 0.5) is 11.7 Å². The summed E-state index contributed by atoms with van der Waals surface area (Å²) in [6, 6.07) is 8.93. The zero-order valence-electron chi connectivity index (χ0n) is 18.3. The topological polar surface area (TPSA) is 108 Å². The molecule has 8 nitrogen and oxygen atoms in total. The molecule has 2 N–H and O–H groups in total. The summed E-state index contributed by atoms with van der Waals surface area (Å²) in [6.07, 6.45) is 5.26. The third kappa shape index (κ3) is 3.84. The SMILES string of the molecule is CC(C)OC(=O)c1c(N2CCc3cc(O)ccc3C2)oc(C=C2C=Nc3ncccc32)c1O. The standard InChI is InChI=1S/C25H23N3O5/c1-14(2)32-25(31)21-22(30)20(11-17-12-27-23-19(17)4-3-8-26-23)33-24(21)28-9-7-15-10-18(29)6-5-16(15)13-28/h3-6,8,10-12,14,29-30H,7,9,13H2,1-2H3. The molecule has 2 aliphatic rings. The molecule has 0 spiro atoms. The van der Waals surface area contributed by atoms with E-state index in [0.29, 0.717) is 25.3 Å². The first kappa shape index (κ1) is 20.8. The van der Waals surface area contributed by atoms with E-state index in [1.54, 1.807) is 44.5 Å². The van der Waals surface area contributed by atoms with Crippen LogP contribution in [0.1, 0.15) is 46.7 Å². The fraction of sp³-hybridized carbons (Fsp3) is 0.240. The summed E-state index contributed by atoms with van der Waals surface area (Å²) in [5.41, 5.74) is 3.59. The molecule has 33 heavy (non-hydrogen) atoms. The molecule has 2 aromatic heterocycles. The van der Waals surface area contributed by atoms with Gasteiger partial charge in [-0.1, -0.05) is 6.07 Å². The van der Waals surface area contributed by atoms with Crippen LogP contribution in [0.25, 0.3) is 11.6 Å². The number of aromatic hydroxyl groups is 2. The Kier molecular flexibility index (Phi) is 5.12. The minimum atomic E-state index is -0.649. The van der Waals surface area contributed by atoms with Crippen molar-refractivity contribution in [3.8, 4) is 11.5 Å². The molecule has 1 aromatic carbocycles. The van der Waals surface area contributed by atoms with Gasteiger partial charge in [-0.2, -0.15) is 0 Å². The van der Waals surface area contributed by atoms with Crippen molar-refractivity contribution < 1.29 is 24.2 Å². The van der Waals surface area contributed by atoms with Gasteiger partial charge in [-0.05, 0) is 61.7 Å². The second-order valence-electron chi connectivity index (χ2n) is 8.31. The molecule has 0 amide bonds. The number of carbonyl (C=O) groups excluding carboxylic acids is 1. The highest BCUT2D eigenvalue weighted by molar-refractivity contribution is 6.21. The van der Waals surface area contributed by atoms with Gasteiger partial charge in [0, 0.05) is 36.6 Å². The Morgan fingerprint density at radius 3 is 2.91 bits per heavy atom. The number of ether oxygens (including phenoxy) is 1. The molecular formula is C25H23N3O5. The van der Waals surface area contributed by atoms with Crippen molar-refractivity contribution in [1.82, 2.24) is 4.98 Å². The number of fused-ring (bicyclic) bond motifs is 2. The molecule has 0 aliphatic carbocycles. The molecule has 8 heteroatoms. The number of benzene rings is 1. The maximum atomic E-state index is 12.9. The molecule has 0 radical (unpaired) electrons. The summed E-state index contributed by atoms with van der Waals surface area (Å²) in [5.74, 6) is 0.293. The number of phenolic OH excluding ortho intramolecular Hbond substituents is 1. The van der Waals surface area contributed by atoms with Gasteiger partial charge in [0.15, 0.2) is 22.9 Å². The van der Waals surface area contributed by atoms with E-state index in [1.165, 1.54) is 0 Å². The van der Waals surface area contributed by atoms with Gasteiger partial charge in [0.2, 0.25) is 5.88 Å². The van der Waals surface area contributed by atoms with E-state index in [4.69, 9.17) is 9.15 Å². The molecule has 0 saturated heterocycles. The normalized spacial score (nSPS) is 15.7. The average Bonchev–Trinajstić information content (AvgIpc) is 3.34. The molecule has 4 heterocycles. The van der Waals surface area contributed by atoms with Gasteiger partial charge in [0.25, 0.3) is 0 Å². The Bertz CT molecular complexity index is 1310. The molecule has 5 rings (SSSR count). The second-order valence-corrected chi connectivity index (χ2v) is 8.31. The monoisotopic (exact) mass is 445 g/mol. The predicted octanol–water partition coefficient (Wildman–Crippen LogP) is 4.47. The van der Waals surface area contributed by atoms with Gasteiger partial charge in [-0.25, -0.2) is 14.8 Å². The number of pyridine rings is 1. The zero-order valence-corrected chi connectivity index (χ0v) is 18.3. The number of anilines is 1. The number of nitrogens with zero attached hydrogens (tertiary/aromatic N) is 3. The van der Waals surface area contributed by atoms with Crippen LogP contribution in [0, 0.1) is 0 Å². The van der Waals surface area contributed by atoms with Crippen LogP contribution in [0.3, 0.4) is 0 Å². The lowest BCUT2D eigenvalue weighted by Gasteiger charge is -2.29. The number of hydrogen-bond acceptors (Lipinski definition) is 8. The Morgan fingerprint density at radius 2 is 2.09 bits per heavy atom. The lowest BCUT2D eigenvalue weighted by molar-refractivity contribution is 0.0375. The summed E-state index contributed by atoms with van der Waals surface area (Å²) >= 11 is 0. The van der Waals surface area contributed by atoms with Crippen molar-refractivity contribution in [3.63, 3.8) is 0 Å². The van der Waals surface area contributed by atoms with E-state index in [-0.39, 0.29) is 34.8 Å². The second kappa shape index (κ2) is 8.12. The van der Waals surface area contributed by atoms with E-state index in [9.17, 15) is 15.0 Å². The molecule has 0 atom stereocenters. The number of furan rings is 1. The van der Waals surface area contributed by atoms with Crippen molar-refractivity contribution in [2.24, 2.45) is 4.99 Å². The number of aliphatic imine (C=N–C) groups is 1. The molecule has 0 saturated carbocycles. The summed E-state index contributed by atoms with van der Waals surface area (Å²) in [7, 11) is 0. The highest BCUT2D eigenvalue weighted by Gasteiger charge is 2.32. The third-order valence-electron chi connectivity index (χ3n) is 5.64. The van der Waals surface area contributed by atoms with Gasteiger partial charge in [-0.15, -0.1) is 0 Å². The lowest BCUT2D eigenvalue weighted by Crippen LogP contribution is -2.31. The fourth-order valence-electron chi connectivity index (χ4n) is 4.10. The number of rotatable bonds is 4. The van der Waals surface area contributed by atoms with Crippen LogP contribution in [-0.2, 0) is 17.7 Å². The Morgan fingerprint density at radius 1 is 1.24 bits per heavy atom. The fourth-order valence-corrected chi connectivity index (χ4v) is 4.10. The molecule has 0 bridgehead atoms. The third-order valence-corrected chi connectivity index (χ3v) is 5.64. The van der Waals surface area contributed by atoms with Crippen molar-refractivity contribution in [2.75, 3.05) is 11.4 Å². The van der Waals surface area contributed by atoms with Crippen molar-refractivity contribution in [3.05, 3.63) is 64.5 Å². The first-order valence-corrected chi connectivity index (χ1v) is 10.7. The number of phenols is 1. The molecule has 0 fully saturated rings. The highest BCUT2D eigenvalue weighted by atomic mass is 16.5. The molecule has 3 aromatic rings. The van der Waals surface area contributed by atoms with Gasteiger partial charge < -0.3 is 24.3 Å². The van der Waals surface area contributed by atoms with Crippen LogP contribution in [0.15, 0.2) is 45.9 Å². The molecule has 168 valence electrons. The van der Waals surface area contributed by atoms with E-state index in [2.05, 4.69) is 9.98 Å². The van der Waals surface area contributed by atoms with Crippen molar-refractivity contribution in [1.29, 1.82) is 0 Å². The van der Waals surface area contributed by atoms with Gasteiger partial charge >= 0.3 is 5.97 Å². The molecule has 0 unspecified atom stereocenters. The average molecular weight is 445 g/mol. The Hall–Kier alpha value is -4.07. The van der Waals surface area contributed by atoms with Crippen molar-refractivity contribution in [2.45, 2.75) is 32.9 Å². The van der Waals surface area contributed by atoms with E-state index in [1.807, 2.05) is 23.1 Å². The zero-order chi connectivity index (χ0) is 23.1. The number of esters is 1. The number of hydrogen-bond donors (Lipinski definition) is 2. The van der Waals surface area contributed by atoms with Gasteiger partial charge in [-0.3, -0.25) is 0 Å². The first-order valence-electron chi connectivity index (χ1n) is 10.7. The maximum Gasteiger partial charge on any atom is 0.347 e. The van der Waals surface area contributed by atoms with Crippen LogP contribution in [0.2, 0.25) is 0 Å². The summed E-state index contributed by atoms with van der Waals surface area (Å²) in [6.45, 7) is 4.52. The largest absolute Gasteiger partial charge is 0.508 e. The van der Waals surface area contributed by atoms with E-state index >= 15 is 0 Å². The number of aromatic nitrogens is 1. The van der Waals surface area contributed by atoms with Gasteiger partial charge in [0.1, 0.15) is 5.75 Å². The minimum absolute atomic E-state index is 0.000811.